The maximum absolute atomic E-state index is 4.70. The number of fused-ring (bicyclic) bond motifs is 2. The predicted octanol–water partition coefficient (Wildman–Crippen LogP) is 4.81. The van der Waals surface area contributed by atoms with E-state index in [9.17, 15) is 0 Å². The summed E-state index contributed by atoms with van der Waals surface area (Å²) in [5.74, 6) is 0.494. The van der Waals surface area contributed by atoms with Crippen molar-refractivity contribution in [3.63, 3.8) is 0 Å². The monoisotopic (exact) mass is 333 g/mol. The van der Waals surface area contributed by atoms with Crippen LogP contribution in [0.4, 0.5) is 0 Å². The Morgan fingerprint density at radius 2 is 1.88 bits per heavy atom. The molecule has 0 bridgehead atoms. The number of nitrogens with zero attached hydrogens (tertiary/aromatic N) is 1. The molecule has 1 aliphatic rings. The molecule has 0 saturated carbocycles. The van der Waals surface area contributed by atoms with Gasteiger partial charge in [0.05, 0.1) is 11.2 Å². The highest BCUT2D eigenvalue weighted by atomic mass is 15.1. The second kappa shape index (κ2) is 5.99. The molecule has 0 radical (unpaired) electrons. The zero-order valence-corrected chi connectivity index (χ0v) is 15.6. The molecule has 0 fully saturated rings. The summed E-state index contributed by atoms with van der Waals surface area (Å²) in [5.41, 5.74) is 8.14. The number of H-pyrrole nitrogens is 1. The molecule has 1 aromatic heterocycles. The third-order valence-corrected chi connectivity index (χ3v) is 5.56. The molecule has 0 atom stereocenters. The van der Waals surface area contributed by atoms with E-state index in [1.807, 2.05) is 0 Å². The van der Waals surface area contributed by atoms with Crippen LogP contribution in [0.2, 0.25) is 0 Å². The maximum atomic E-state index is 4.70. The van der Waals surface area contributed by atoms with Gasteiger partial charge in [-0.15, -0.1) is 0 Å². The minimum absolute atomic E-state index is 0.0489. The molecule has 0 aliphatic carbocycles. The molecule has 4 rings (SSSR count). The molecule has 2 N–H and O–H groups in total. The molecular weight excluding hydrogens is 306 g/mol. The summed E-state index contributed by atoms with van der Waals surface area (Å²) >= 11 is 0. The quantitative estimate of drug-likeness (QED) is 0.719. The van der Waals surface area contributed by atoms with E-state index in [2.05, 4.69) is 74.5 Å². The number of hydrogen-bond acceptors (Lipinski definition) is 2. The second-order valence-electron chi connectivity index (χ2n) is 8.20. The van der Waals surface area contributed by atoms with Crippen molar-refractivity contribution in [3.8, 4) is 0 Å². The molecule has 1 aliphatic heterocycles. The molecule has 0 saturated heterocycles. The Bertz CT molecular complexity index is 918. The van der Waals surface area contributed by atoms with E-state index in [1.54, 1.807) is 0 Å². The summed E-state index contributed by atoms with van der Waals surface area (Å²) in [6.07, 6.45) is 0.936. The van der Waals surface area contributed by atoms with Gasteiger partial charge in [-0.2, -0.15) is 5.10 Å². The fraction of sp³-hybridized carbons (Fsp3) is 0.409. The molecule has 0 spiro atoms. The molecule has 25 heavy (non-hydrogen) atoms. The lowest BCUT2D eigenvalue weighted by atomic mass is 9.77. The van der Waals surface area contributed by atoms with Crippen LogP contribution in [0, 0.1) is 0 Å². The van der Waals surface area contributed by atoms with Crippen molar-refractivity contribution >= 4 is 10.9 Å². The number of hydrogen-bond donors (Lipinski definition) is 2. The minimum Gasteiger partial charge on any atom is -0.309 e. The van der Waals surface area contributed by atoms with Crippen molar-refractivity contribution in [2.24, 2.45) is 0 Å². The number of para-hydroxylation sites is 1. The van der Waals surface area contributed by atoms with Crippen molar-refractivity contribution in [2.75, 3.05) is 0 Å². The fourth-order valence-electron chi connectivity index (χ4n) is 4.21. The highest BCUT2D eigenvalue weighted by molar-refractivity contribution is 5.85. The lowest BCUT2D eigenvalue weighted by Gasteiger charge is -2.27. The van der Waals surface area contributed by atoms with E-state index in [0.717, 1.165) is 19.5 Å². The van der Waals surface area contributed by atoms with Crippen LogP contribution in [-0.2, 0) is 24.9 Å². The van der Waals surface area contributed by atoms with Gasteiger partial charge in [-0.3, -0.25) is 5.10 Å². The first-order valence-corrected chi connectivity index (χ1v) is 9.25. The van der Waals surface area contributed by atoms with Crippen LogP contribution in [0.5, 0.6) is 0 Å². The zero-order valence-electron chi connectivity index (χ0n) is 15.6. The van der Waals surface area contributed by atoms with E-state index in [-0.39, 0.29) is 5.41 Å². The first-order chi connectivity index (χ1) is 12.0. The molecule has 2 heterocycles. The van der Waals surface area contributed by atoms with Crippen molar-refractivity contribution in [3.05, 3.63) is 64.3 Å². The highest BCUT2D eigenvalue weighted by Crippen LogP contribution is 2.35. The first-order valence-electron chi connectivity index (χ1n) is 9.25. The molecular formula is C22H27N3. The van der Waals surface area contributed by atoms with Gasteiger partial charge in [-0.1, -0.05) is 64.1 Å². The van der Waals surface area contributed by atoms with Gasteiger partial charge in [0.25, 0.3) is 0 Å². The smallest absolute Gasteiger partial charge is 0.0709 e. The Morgan fingerprint density at radius 1 is 1.08 bits per heavy atom. The fourth-order valence-corrected chi connectivity index (χ4v) is 4.21. The highest BCUT2D eigenvalue weighted by Gasteiger charge is 2.28. The molecule has 3 aromatic rings. The Kier molecular flexibility index (Phi) is 3.92. The van der Waals surface area contributed by atoms with Gasteiger partial charge in [0.2, 0.25) is 0 Å². The van der Waals surface area contributed by atoms with Gasteiger partial charge in [0.1, 0.15) is 0 Å². The normalized spacial score (nSPS) is 14.4. The Balaban J connectivity index is 1.74. The van der Waals surface area contributed by atoms with E-state index in [4.69, 9.17) is 5.10 Å². The average Bonchev–Trinajstić information content (AvgIpc) is 3.20. The SMILES string of the molecule is CC(C)c1cccc2c(CC(C)(C)c3cccc4c3CNC4)n[nH]c12. The largest absolute Gasteiger partial charge is 0.309 e. The van der Waals surface area contributed by atoms with Crippen LogP contribution >= 0.6 is 0 Å². The standard InChI is InChI=1S/C22H27N3/c1-14(2)16-8-6-9-17-20(24-25-21(16)17)11-22(3,4)19-10-5-7-15-12-23-13-18(15)19/h5-10,14,23H,11-13H2,1-4H3,(H,24,25). The van der Waals surface area contributed by atoms with Gasteiger partial charge in [0.15, 0.2) is 0 Å². The zero-order chi connectivity index (χ0) is 17.6. The van der Waals surface area contributed by atoms with Gasteiger partial charge < -0.3 is 5.32 Å². The summed E-state index contributed by atoms with van der Waals surface area (Å²) in [7, 11) is 0. The topological polar surface area (TPSA) is 40.7 Å². The predicted molar refractivity (Wildman–Crippen MR) is 104 cm³/mol. The minimum atomic E-state index is 0.0489. The lowest BCUT2D eigenvalue weighted by molar-refractivity contribution is 0.511. The third-order valence-electron chi connectivity index (χ3n) is 5.56. The third kappa shape index (κ3) is 2.77. The van der Waals surface area contributed by atoms with Gasteiger partial charge >= 0.3 is 0 Å². The maximum Gasteiger partial charge on any atom is 0.0709 e. The number of nitrogens with one attached hydrogen (secondary N) is 2. The van der Waals surface area contributed by atoms with Crippen molar-refractivity contribution in [2.45, 2.75) is 58.5 Å². The summed E-state index contributed by atoms with van der Waals surface area (Å²) in [6.45, 7) is 11.1. The molecule has 2 aromatic carbocycles. The molecule has 3 nitrogen and oxygen atoms in total. The van der Waals surface area contributed by atoms with Crippen LogP contribution in [0.1, 0.15) is 61.6 Å². The Labute approximate surface area is 149 Å². The van der Waals surface area contributed by atoms with Crippen molar-refractivity contribution < 1.29 is 0 Å². The van der Waals surface area contributed by atoms with Gasteiger partial charge in [0, 0.05) is 24.9 Å². The molecule has 130 valence electrons. The molecule has 3 heteroatoms. The number of benzene rings is 2. The number of rotatable bonds is 4. The van der Waals surface area contributed by atoms with Gasteiger partial charge in [-0.25, -0.2) is 0 Å². The summed E-state index contributed by atoms with van der Waals surface area (Å²) < 4.78 is 0. The number of aromatic nitrogens is 2. The summed E-state index contributed by atoms with van der Waals surface area (Å²) in [6, 6.07) is 13.3. The lowest BCUT2D eigenvalue weighted by Crippen LogP contribution is -2.23. The van der Waals surface area contributed by atoms with Gasteiger partial charge in [-0.05, 0) is 33.6 Å². The second-order valence-corrected chi connectivity index (χ2v) is 8.20. The van der Waals surface area contributed by atoms with Crippen LogP contribution in [-0.4, -0.2) is 10.2 Å². The Hall–Kier alpha value is -2.13. The van der Waals surface area contributed by atoms with Crippen molar-refractivity contribution in [1.29, 1.82) is 0 Å². The van der Waals surface area contributed by atoms with Crippen LogP contribution in [0.25, 0.3) is 10.9 Å². The molecule has 0 unspecified atom stereocenters. The molecule has 0 amide bonds. The van der Waals surface area contributed by atoms with Crippen molar-refractivity contribution in [1.82, 2.24) is 15.5 Å². The van der Waals surface area contributed by atoms with Crippen LogP contribution in [0.3, 0.4) is 0 Å². The number of aromatic amines is 1. The average molecular weight is 333 g/mol. The van der Waals surface area contributed by atoms with E-state index >= 15 is 0 Å². The van der Waals surface area contributed by atoms with Crippen LogP contribution < -0.4 is 5.32 Å². The van der Waals surface area contributed by atoms with E-state index < -0.39 is 0 Å². The van der Waals surface area contributed by atoms with E-state index in [1.165, 1.54) is 38.9 Å². The summed E-state index contributed by atoms with van der Waals surface area (Å²) in [5, 5.41) is 12.8. The van der Waals surface area contributed by atoms with E-state index in [0.29, 0.717) is 5.92 Å². The van der Waals surface area contributed by atoms with Crippen LogP contribution in [0.15, 0.2) is 36.4 Å². The Morgan fingerprint density at radius 3 is 2.68 bits per heavy atom. The first kappa shape index (κ1) is 16.3. The summed E-state index contributed by atoms with van der Waals surface area (Å²) in [4.78, 5) is 0.